The second kappa shape index (κ2) is 8.55. The number of aryl methyl sites for hydroxylation is 2. The Morgan fingerprint density at radius 2 is 1.80 bits per heavy atom. The van der Waals surface area contributed by atoms with Crippen molar-refractivity contribution < 1.29 is 19.1 Å². The summed E-state index contributed by atoms with van der Waals surface area (Å²) in [5.74, 6) is -1.38. The Bertz CT molecular complexity index is 1570. The van der Waals surface area contributed by atoms with Crippen LogP contribution < -0.4 is 5.56 Å². The van der Waals surface area contributed by atoms with Crippen LogP contribution in [0, 0.1) is 13.8 Å². The fourth-order valence-corrected chi connectivity index (χ4v) is 5.02. The molecule has 0 radical (unpaired) electrons. The zero-order chi connectivity index (χ0) is 24.9. The first-order chi connectivity index (χ1) is 16.7. The van der Waals surface area contributed by atoms with E-state index in [1.807, 2.05) is 13.8 Å². The molecule has 4 aromatic rings. The van der Waals surface area contributed by atoms with E-state index in [2.05, 4.69) is 15.0 Å². The number of carbonyl (C=O) groups excluding carboxylic acids is 3. The van der Waals surface area contributed by atoms with E-state index in [0.717, 1.165) is 20.9 Å². The predicted octanol–water partition coefficient (Wildman–Crippen LogP) is 3.71. The van der Waals surface area contributed by atoms with E-state index in [9.17, 15) is 19.2 Å². The van der Waals surface area contributed by atoms with Gasteiger partial charge in [0.25, 0.3) is 17.4 Å². The highest BCUT2D eigenvalue weighted by molar-refractivity contribution is 7.18. The maximum atomic E-state index is 12.9. The van der Waals surface area contributed by atoms with Crippen LogP contribution >= 0.6 is 11.3 Å². The molecular weight excluding hydrogens is 468 g/mol. The van der Waals surface area contributed by atoms with Crippen molar-refractivity contribution in [1.29, 1.82) is 0 Å². The van der Waals surface area contributed by atoms with Crippen molar-refractivity contribution in [3.63, 3.8) is 0 Å². The van der Waals surface area contributed by atoms with Crippen molar-refractivity contribution in [2.75, 3.05) is 0 Å². The Hall–Kier alpha value is -4.18. The zero-order valence-electron chi connectivity index (χ0n) is 19.1. The van der Waals surface area contributed by atoms with E-state index in [-0.39, 0.29) is 34.6 Å². The Morgan fingerprint density at radius 1 is 1.09 bits per heavy atom. The van der Waals surface area contributed by atoms with Crippen LogP contribution in [0.2, 0.25) is 0 Å². The number of thiophene rings is 1. The van der Waals surface area contributed by atoms with Crippen LogP contribution in [0.1, 0.15) is 65.9 Å². The number of carbonyl (C=O) groups is 3. The van der Waals surface area contributed by atoms with Crippen LogP contribution in [0.15, 0.2) is 47.5 Å². The molecule has 0 bridgehead atoms. The van der Waals surface area contributed by atoms with Crippen LogP contribution in [0.5, 0.6) is 0 Å². The molecule has 2 amide bonds. The molecule has 1 aliphatic rings. The van der Waals surface area contributed by atoms with Crippen molar-refractivity contribution in [2.45, 2.75) is 33.4 Å². The third-order valence-corrected chi connectivity index (χ3v) is 7.12. The number of nitrogens with one attached hydrogen (secondary N) is 1. The molecule has 35 heavy (non-hydrogen) atoms. The third kappa shape index (κ3) is 3.91. The number of pyridine rings is 1. The maximum Gasteiger partial charge on any atom is 0.338 e. The molecule has 5 rings (SSSR count). The number of amides is 2. The van der Waals surface area contributed by atoms with Crippen LogP contribution in [0.25, 0.3) is 10.2 Å². The lowest BCUT2D eigenvalue weighted by Gasteiger charge is -2.13. The lowest BCUT2D eigenvalue weighted by Crippen LogP contribution is -2.29. The van der Waals surface area contributed by atoms with Gasteiger partial charge in [-0.05, 0) is 62.2 Å². The van der Waals surface area contributed by atoms with Gasteiger partial charge >= 0.3 is 5.97 Å². The zero-order valence-corrected chi connectivity index (χ0v) is 19.9. The van der Waals surface area contributed by atoms with Crippen LogP contribution in [0.3, 0.4) is 0 Å². The highest BCUT2D eigenvalue weighted by Crippen LogP contribution is 2.28. The minimum absolute atomic E-state index is 0.106. The molecule has 1 aliphatic heterocycles. The number of hydrogen-bond donors (Lipinski definition) is 1. The first-order valence-electron chi connectivity index (χ1n) is 10.8. The van der Waals surface area contributed by atoms with E-state index in [0.29, 0.717) is 10.2 Å². The maximum absolute atomic E-state index is 12.9. The fourth-order valence-electron chi connectivity index (χ4n) is 3.98. The molecule has 0 spiro atoms. The summed E-state index contributed by atoms with van der Waals surface area (Å²) in [5, 5.41) is 0.535. The molecule has 0 fully saturated rings. The van der Waals surface area contributed by atoms with E-state index >= 15 is 0 Å². The van der Waals surface area contributed by atoms with Gasteiger partial charge in [0.15, 0.2) is 11.9 Å². The first-order valence-corrected chi connectivity index (χ1v) is 11.7. The van der Waals surface area contributed by atoms with Crippen molar-refractivity contribution in [3.05, 3.63) is 91.6 Å². The van der Waals surface area contributed by atoms with Crippen molar-refractivity contribution in [2.24, 2.45) is 0 Å². The molecule has 1 aromatic carbocycles. The SMILES string of the molecule is Cc1sc2nc([C@H](C)OC(=O)c3ccc4c(c3)C(=O)N(Cc3ccncc3)C4=O)[nH]c(=O)c2c1C. The number of rotatable bonds is 5. The van der Waals surface area contributed by atoms with Gasteiger partial charge in [0.05, 0.1) is 28.6 Å². The summed E-state index contributed by atoms with van der Waals surface area (Å²) < 4.78 is 5.52. The summed E-state index contributed by atoms with van der Waals surface area (Å²) in [6.45, 7) is 5.50. The van der Waals surface area contributed by atoms with Crippen molar-refractivity contribution in [1.82, 2.24) is 19.9 Å². The van der Waals surface area contributed by atoms with Crippen molar-refractivity contribution >= 4 is 39.3 Å². The van der Waals surface area contributed by atoms with Gasteiger partial charge in [-0.2, -0.15) is 0 Å². The molecule has 0 aliphatic carbocycles. The molecule has 9 nitrogen and oxygen atoms in total. The standard InChI is InChI=1S/C25H20N4O5S/c1-12-14(3)35-22-19(12)21(30)27-20(28-22)13(2)34-25(33)16-4-5-17-18(10-16)24(32)29(23(17)31)11-15-6-8-26-9-7-15/h4-10,13H,11H2,1-3H3,(H,27,28,30)/t13-/m0/s1. The molecule has 4 heterocycles. The lowest BCUT2D eigenvalue weighted by atomic mass is 10.1. The number of H-pyrrole nitrogens is 1. The first kappa shape index (κ1) is 22.6. The van der Waals surface area contributed by atoms with Gasteiger partial charge in [-0.15, -0.1) is 11.3 Å². The Labute approximate surface area is 203 Å². The average molecular weight is 489 g/mol. The highest BCUT2D eigenvalue weighted by atomic mass is 32.1. The number of aromatic amines is 1. The number of ether oxygens (including phenoxy) is 1. The topological polar surface area (TPSA) is 122 Å². The second-order valence-electron chi connectivity index (χ2n) is 8.27. The lowest BCUT2D eigenvalue weighted by molar-refractivity contribution is 0.0320. The predicted molar refractivity (Wildman–Crippen MR) is 128 cm³/mol. The minimum Gasteiger partial charge on any atom is -0.451 e. The number of esters is 1. The Morgan fingerprint density at radius 3 is 2.54 bits per heavy atom. The molecule has 0 unspecified atom stereocenters. The van der Waals surface area contributed by atoms with E-state index in [4.69, 9.17) is 4.74 Å². The highest BCUT2D eigenvalue weighted by Gasteiger charge is 2.36. The summed E-state index contributed by atoms with van der Waals surface area (Å²) in [5.41, 5.74) is 1.85. The summed E-state index contributed by atoms with van der Waals surface area (Å²) >= 11 is 1.41. The van der Waals surface area contributed by atoms with Crippen LogP contribution in [0.4, 0.5) is 0 Å². The summed E-state index contributed by atoms with van der Waals surface area (Å²) in [6.07, 6.45) is 2.34. The molecule has 1 N–H and O–H groups in total. The van der Waals surface area contributed by atoms with Gasteiger partial charge in [-0.3, -0.25) is 24.3 Å². The Kier molecular flexibility index (Phi) is 5.52. The number of imide groups is 1. The smallest absolute Gasteiger partial charge is 0.338 e. The summed E-state index contributed by atoms with van der Waals surface area (Å²) in [7, 11) is 0. The molecule has 0 saturated heterocycles. The quantitative estimate of drug-likeness (QED) is 0.336. The minimum atomic E-state index is -0.837. The monoisotopic (exact) mass is 488 g/mol. The number of fused-ring (bicyclic) bond motifs is 2. The number of aromatic nitrogens is 3. The number of hydrogen-bond acceptors (Lipinski definition) is 8. The molecule has 176 valence electrons. The van der Waals surface area contributed by atoms with Gasteiger partial charge in [-0.25, -0.2) is 9.78 Å². The van der Waals surface area contributed by atoms with E-state index < -0.39 is 23.9 Å². The third-order valence-electron chi connectivity index (χ3n) is 6.02. The van der Waals surface area contributed by atoms with Gasteiger partial charge in [-0.1, -0.05) is 0 Å². The van der Waals surface area contributed by atoms with Crippen LogP contribution in [-0.2, 0) is 11.3 Å². The second-order valence-corrected chi connectivity index (χ2v) is 9.48. The molecule has 0 saturated carbocycles. The van der Waals surface area contributed by atoms with Crippen LogP contribution in [-0.4, -0.2) is 37.6 Å². The number of benzene rings is 1. The molecule has 1 atom stereocenters. The molecular formula is C25H20N4O5S. The van der Waals surface area contributed by atoms with Gasteiger partial charge < -0.3 is 9.72 Å². The van der Waals surface area contributed by atoms with Gasteiger partial charge in [0.1, 0.15) is 4.83 Å². The van der Waals surface area contributed by atoms with E-state index in [1.165, 1.54) is 29.5 Å². The molecule has 3 aromatic heterocycles. The largest absolute Gasteiger partial charge is 0.451 e. The van der Waals surface area contributed by atoms with Gasteiger partial charge in [0, 0.05) is 17.3 Å². The van der Waals surface area contributed by atoms with E-state index in [1.54, 1.807) is 31.5 Å². The fraction of sp³-hybridized carbons (Fsp3) is 0.200. The summed E-state index contributed by atoms with van der Waals surface area (Å²) in [6, 6.07) is 7.71. The number of nitrogens with zero attached hydrogens (tertiary/aromatic N) is 3. The summed E-state index contributed by atoms with van der Waals surface area (Å²) in [4.78, 5) is 64.9. The Balaban J connectivity index is 1.36. The average Bonchev–Trinajstić information content (AvgIpc) is 3.27. The molecule has 10 heteroatoms. The van der Waals surface area contributed by atoms with Crippen molar-refractivity contribution in [3.8, 4) is 0 Å². The van der Waals surface area contributed by atoms with Gasteiger partial charge in [0.2, 0.25) is 0 Å². The normalized spacial score (nSPS) is 13.9.